The van der Waals surface area contributed by atoms with Gasteiger partial charge in [0, 0.05) is 43.4 Å². The van der Waals surface area contributed by atoms with Crippen molar-refractivity contribution in [2.24, 2.45) is 0 Å². The molecule has 2 aromatic rings. The maximum atomic E-state index is 11.7. The van der Waals surface area contributed by atoms with Gasteiger partial charge in [-0.05, 0) is 30.4 Å². The van der Waals surface area contributed by atoms with Gasteiger partial charge >= 0.3 is 0 Å². The van der Waals surface area contributed by atoms with Crippen molar-refractivity contribution in [2.75, 3.05) is 19.3 Å². The monoisotopic (exact) mass is 354 g/mol. The Labute approximate surface area is 154 Å². The second-order valence-corrected chi connectivity index (χ2v) is 7.68. The first kappa shape index (κ1) is 18.0. The van der Waals surface area contributed by atoms with Crippen molar-refractivity contribution in [1.29, 1.82) is 0 Å². The highest BCUT2D eigenvalue weighted by Crippen LogP contribution is 2.30. The maximum absolute atomic E-state index is 11.7. The summed E-state index contributed by atoms with van der Waals surface area (Å²) in [5, 5.41) is 3.16. The van der Waals surface area contributed by atoms with Crippen molar-refractivity contribution < 1.29 is 4.79 Å². The minimum absolute atomic E-state index is 0.0495. The lowest BCUT2D eigenvalue weighted by Gasteiger charge is -2.19. The molecular weight excluding hydrogens is 328 g/mol. The lowest BCUT2D eigenvalue weighted by molar-refractivity contribution is -0.119. The van der Waals surface area contributed by atoms with Gasteiger partial charge in [-0.3, -0.25) is 9.69 Å². The summed E-state index contributed by atoms with van der Waals surface area (Å²) in [5.74, 6) is 0.388. The van der Waals surface area contributed by atoms with Gasteiger partial charge in [-0.15, -0.1) is 11.8 Å². The summed E-state index contributed by atoms with van der Waals surface area (Å²) in [6.07, 6.45) is 2.12. The van der Waals surface area contributed by atoms with E-state index in [9.17, 15) is 4.79 Å². The van der Waals surface area contributed by atoms with Gasteiger partial charge in [0.25, 0.3) is 0 Å². The third kappa shape index (κ3) is 4.44. The van der Waals surface area contributed by atoms with Crippen LogP contribution >= 0.6 is 11.8 Å². The number of hydrogen-bond donors (Lipinski definition) is 1. The molecule has 1 aliphatic rings. The van der Waals surface area contributed by atoms with Crippen molar-refractivity contribution in [3.05, 3.63) is 65.2 Å². The molecule has 0 spiro atoms. The molecule has 132 valence electrons. The van der Waals surface area contributed by atoms with Gasteiger partial charge in [-0.25, -0.2) is 0 Å². The van der Waals surface area contributed by atoms with Crippen LogP contribution in [0.3, 0.4) is 0 Å². The van der Waals surface area contributed by atoms with E-state index in [0.717, 1.165) is 19.6 Å². The van der Waals surface area contributed by atoms with E-state index >= 15 is 0 Å². The summed E-state index contributed by atoms with van der Waals surface area (Å²) < 4.78 is 0. The number of benzene rings is 2. The molecule has 0 saturated carbocycles. The van der Waals surface area contributed by atoms with E-state index in [4.69, 9.17) is 0 Å². The lowest BCUT2D eigenvalue weighted by atomic mass is 9.93. The van der Waals surface area contributed by atoms with E-state index in [1.165, 1.54) is 21.6 Å². The SMILES string of the molecule is CSc1ccccc1CN1C[C@@H](NC(C)=O)[C@H](c2ccc(C)cc2)C1. The van der Waals surface area contributed by atoms with Crippen LogP contribution in [0.25, 0.3) is 0 Å². The van der Waals surface area contributed by atoms with Crippen LogP contribution in [0.5, 0.6) is 0 Å². The van der Waals surface area contributed by atoms with Crippen molar-refractivity contribution in [3.8, 4) is 0 Å². The van der Waals surface area contributed by atoms with Gasteiger partial charge in [0.05, 0.1) is 0 Å². The van der Waals surface area contributed by atoms with E-state index in [1.54, 1.807) is 18.7 Å². The average molecular weight is 355 g/mol. The van der Waals surface area contributed by atoms with Gasteiger partial charge in [-0.2, -0.15) is 0 Å². The summed E-state index contributed by atoms with van der Waals surface area (Å²) in [5.41, 5.74) is 3.94. The number of likely N-dealkylation sites (tertiary alicyclic amines) is 1. The quantitative estimate of drug-likeness (QED) is 0.829. The normalized spacial score (nSPS) is 20.6. The maximum Gasteiger partial charge on any atom is 0.217 e. The lowest BCUT2D eigenvalue weighted by Crippen LogP contribution is -2.38. The number of carbonyl (C=O) groups excluding carboxylic acids is 1. The van der Waals surface area contributed by atoms with E-state index in [2.05, 4.69) is 71.9 Å². The van der Waals surface area contributed by atoms with E-state index in [-0.39, 0.29) is 11.9 Å². The van der Waals surface area contributed by atoms with Crippen LogP contribution in [0.1, 0.15) is 29.5 Å². The van der Waals surface area contributed by atoms with E-state index < -0.39 is 0 Å². The van der Waals surface area contributed by atoms with Crippen molar-refractivity contribution in [1.82, 2.24) is 10.2 Å². The molecule has 1 fully saturated rings. The Morgan fingerprint density at radius 3 is 2.56 bits per heavy atom. The first-order valence-corrected chi connectivity index (χ1v) is 9.97. The zero-order chi connectivity index (χ0) is 17.8. The van der Waals surface area contributed by atoms with Gasteiger partial charge in [-0.1, -0.05) is 48.0 Å². The minimum Gasteiger partial charge on any atom is -0.352 e. The molecule has 2 atom stereocenters. The molecule has 4 heteroatoms. The molecule has 0 unspecified atom stereocenters. The molecule has 1 amide bonds. The number of nitrogens with zero attached hydrogens (tertiary/aromatic N) is 1. The number of aryl methyl sites for hydroxylation is 1. The average Bonchev–Trinajstić information content (AvgIpc) is 2.97. The second-order valence-electron chi connectivity index (χ2n) is 6.83. The first-order valence-electron chi connectivity index (χ1n) is 8.74. The summed E-state index contributed by atoms with van der Waals surface area (Å²) in [6, 6.07) is 17.5. The smallest absolute Gasteiger partial charge is 0.217 e. The third-order valence-electron chi connectivity index (χ3n) is 4.88. The number of amides is 1. The van der Waals surface area contributed by atoms with Crippen LogP contribution < -0.4 is 5.32 Å². The summed E-state index contributed by atoms with van der Waals surface area (Å²) in [7, 11) is 0. The van der Waals surface area contributed by atoms with Crippen LogP contribution in [0.2, 0.25) is 0 Å². The Hall–Kier alpha value is -1.78. The molecule has 1 heterocycles. The molecule has 3 nitrogen and oxygen atoms in total. The summed E-state index contributed by atoms with van der Waals surface area (Å²) in [6.45, 7) is 6.50. The predicted octanol–water partition coefficient (Wildman–Crippen LogP) is 3.82. The van der Waals surface area contributed by atoms with Crippen LogP contribution in [0.15, 0.2) is 53.4 Å². The topological polar surface area (TPSA) is 32.3 Å². The molecule has 1 N–H and O–H groups in total. The standard InChI is InChI=1S/C21H26N2OS/c1-15-8-10-17(11-9-15)19-13-23(14-20(19)22-16(2)24)12-18-6-4-5-7-21(18)25-3/h4-11,19-20H,12-14H2,1-3H3,(H,22,24)/t19-,20+/m0/s1. The summed E-state index contributed by atoms with van der Waals surface area (Å²) in [4.78, 5) is 15.5. The Balaban J connectivity index is 1.79. The minimum atomic E-state index is 0.0495. The van der Waals surface area contributed by atoms with Gasteiger partial charge in [0.15, 0.2) is 0 Å². The molecule has 2 aromatic carbocycles. The second kappa shape index (κ2) is 8.07. The van der Waals surface area contributed by atoms with Crippen molar-refractivity contribution >= 4 is 17.7 Å². The largest absolute Gasteiger partial charge is 0.352 e. The Morgan fingerprint density at radius 2 is 1.88 bits per heavy atom. The summed E-state index contributed by atoms with van der Waals surface area (Å²) >= 11 is 1.79. The zero-order valence-electron chi connectivity index (χ0n) is 15.2. The van der Waals surface area contributed by atoms with Crippen LogP contribution in [-0.2, 0) is 11.3 Å². The Kier molecular flexibility index (Phi) is 5.82. The molecule has 0 aliphatic carbocycles. The molecule has 0 bridgehead atoms. The first-order chi connectivity index (χ1) is 12.1. The van der Waals surface area contributed by atoms with Gasteiger partial charge in [0.1, 0.15) is 0 Å². The van der Waals surface area contributed by atoms with Crippen molar-refractivity contribution in [3.63, 3.8) is 0 Å². The molecule has 1 aliphatic heterocycles. The number of hydrogen-bond acceptors (Lipinski definition) is 3. The molecule has 0 aromatic heterocycles. The fraction of sp³-hybridized carbons (Fsp3) is 0.381. The Bertz CT molecular complexity index is 729. The number of carbonyl (C=O) groups is 1. The van der Waals surface area contributed by atoms with Crippen LogP contribution in [0, 0.1) is 6.92 Å². The van der Waals surface area contributed by atoms with Crippen LogP contribution in [-0.4, -0.2) is 36.2 Å². The molecule has 0 radical (unpaired) electrons. The van der Waals surface area contributed by atoms with Gasteiger partial charge < -0.3 is 5.32 Å². The molecule has 3 rings (SSSR count). The fourth-order valence-corrected chi connectivity index (χ4v) is 4.26. The zero-order valence-corrected chi connectivity index (χ0v) is 16.0. The predicted molar refractivity (Wildman–Crippen MR) is 105 cm³/mol. The van der Waals surface area contributed by atoms with Gasteiger partial charge in [0.2, 0.25) is 5.91 Å². The number of thioether (sulfide) groups is 1. The Morgan fingerprint density at radius 1 is 1.16 bits per heavy atom. The number of rotatable bonds is 5. The van der Waals surface area contributed by atoms with E-state index in [1.807, 2.05) is 0 Å². The van der Waals surface area contributed by atoms with E-state index in [0.29, 0.717) is 5.92 Å². The highest BCUT2D eigenvalue weighted by molar-refractivity contribution is 7.98. The number of nitrogens with one attached hydrogen (secondary N) is 1. The van der Waals surface area contributed by atoms with Crippen LogP contribution in [0.4, 0.5) is 0 Å². The third-order valence-corrected chi connectivity index (χ3v) is 5.71. The molecule has 25 heavy (non-hydrogen) atoms. The fourth-order valence-electron chi connectivity index (χ4n) is 3.65. The van der Waals surface area contributed by atoms with Crippen molar-refractivity contribution in [2.45, 2.75) is 37.2 Å². The molecule has 1 saturated heterocycles. The highest BCUT2D eigenvalue weighted by Gasteiger charge is 2.34. The highest BCUT2D eigenvalue weighted by atomic mass is 32.2. The molecular formula is C21H26N2OS.